The van der Waals surface area contributed by atoms with Gasteiger partial charge in [0.15, 0.2) is 0 Å². The van der Waals surface area contributed by atoms with Crippen LogP contribution in [0.3, 0.4) is 0 Å². The predicted octanol–water partition coefficient (Wildman–Crippen LogP) is 3.65. The number of hydrogen-bond donors (Lipinski definition) is 0. The summed E-state index contributed by atoms with van der Waals surface area (Å²) >= 11 is 0. The van der Waals surface area contributed by atoms with E-state index in [0.29, 0.717) is 5.52 Å². The standard InChI is InChI=1S/C23H13N9/c1-2-5-15-14(4-1)19-22(31(15)17-7-10-24-12-27-17)23-21(30-29-19)20-16(6-3-9-26-20)32(23)18-8-11-25-13-28-18/h1-13H. The lowest BCUT2D eigenvalue weighted by atomic mass is 10.2. The number of benzene rings is 1. The van der Waals surface area contributed by atoms with Crippen molar-refractivity contribution in [3.63, 3.8) is 0 Å². The molecule has 0 aliphatic carbocycles. The normalized spacial score (nSPS) is 11.8. The van der Waals surface area contributed by atoms with Crippen LogP contribution in [0.2, 0.25) is 0 Å². The molecule has 7 aromatic rings. The first kappa shape index (κ1) is 16.9. The lowest BCUT2D eigenvalue weighted by Crippen LogP contribution is -2.02. The molecule has 0 saturated heterocycles. The molecule has 0 unspecified atom stereocenters. The van der Waals surface area contributed by atoms with E-state index in [4.69, 9.17) is 0 Å². The number of nitrogens with zero attached hydrogens (tertiary/aromatic N) is 9. The number of aromatic nitrogens is 9. The van der Waals surface area contributed by atoms with Gasteiger partial charge in [0, 0.05) is 24.0 Å². The van der Waals surface area contributed by atoms with Crippen LogP contribution in [0.15, 0.2) is 79.8 Å². The molecule has 0 radical (unpaired) electrons. The van der Waals surface area contributed by atoms with E-state index in [1.54, 1.807) is 24.9 Å². The molecular weight excluding hydrogens is 402 g/mol. The Hall–Kier alpha value is -4.79. The van der Waals surface area contributed by atoms with Gasteiger partial charge >= 0.3 is 0 Å². The summed E-state index contributed by atoms with van der Waals surface area (Å²) in [6.45, 7) is 0. The summed E-state index contributed by atoms with van der Waals surface area (Å²) < 4.78 is 4.16. The molecule has 0 amide bonds. The minimum absolute atomic E-state index is 0.699. The minimum Gasteiger partial charge on any atom is -0.290 e. The fourth-order valence-electron chi connectivity index (χ4n) is 4.36. The van der Waals surface area contributed by atoms with Crippen LogP contribution in [-0.2, 0) is 0 Å². The summed E-state index contributed by atoms with van der Waals surface area (Å²) in [5, 5.41) is 10.2. The number of pyridine rings is 1. The van der Waals surface area contributed by atoms with Crippen molar-refractivity contribution < 1.29 is 0 Å². The van der Waals surface area contributed by atoms with Crippen molar-refractivity contribution in [1.29, 1.82) is 0 Å². The SMILES string of the molecule is c1ccc2c(c1)c1nnc3c4ncccc4n(-c4ccncn4)c3c1n2-c1ccncn1. The zero-order valence-electron chi connectivity index (χ0n) is 16.5. The fraction of sp³-hybridized carbons (Fsp3) is 0. The number of para-hydroxylation sites is 1. The number of fused-ring (bicyclic) bond motifs is 7. The summed E-state index contributed by atoms with van der Waals surface area (Å²) in [5.41, 5.74) is 5.85. The van der Waals surface area contributed by atoms with Crippen molar-refractivity contribution in [2.24, 2.45) is 0 Å². The second-order valence-electron chi connectivity index (χ2n) is 7.29. The molecule has 32 heavy (non-hydrogen) atoms. The van der Waals surface area contributed by atoms with Crippen molar-refractivity contribution in [2.75, 3.05) is 0 Å². The molecule has 6 aromatic heterocycles. The zero-order valence-corrected chi connectivity index (χ0v) is 16.5. The first-order chi connectivity index (χ1) is 15.9. The molecule has 0 bridgehead atoms. The van der Waals surface area contributed by atoms with E-state index in [0.717, 1.165) is 50.1 Å². The van der Waals surface area contributed by atoms with Gasteiger partial charge in [0.05, 0.1) is 11.0 Å². The Bertz CT molecular complexity index is 1640. The lowest BCUT2D eigenvalue weighted by Gasteiger charge is -2.09. The Kier molecular flexibility index (Phi) is 3.36. The molecule has 6 heterocycles. The van der Waals surface area contributed by atoms with E-state index in [1.165, 1.54) is 6.33 Å². The molecular formula is C23H13N9. The quantitative estimate of drug-likeness (QED) is 0.425. The first-order valence-electron chi connectivity index (χ1n) is 9.99. The first-order valence-corrected chi connectivity index (χ1v) is 9.99. The smallest absolute Gasteiger partial charge is 0.141 e. The van der Waals surface area contributed by atoms with Crippen molar-refractivity contribution in [3.05, 3.63) is 79.8 Å². The Labute approximate surface area is 180 Å². The van der Waals surface area contributed by atoms with Gasteiger partial charge in [0.2, 0.25) is 0 Å². The highest BCUT2D eigenvalue weighted by Gasteiger charge is 2.24. The number of rotatable bonds is 2. The zero-order chi connectivity index (χ0) is 21.1. The van der Waals surface area contributed by atoms with Crippen LogP contribution in [0.5, 0.6) is 0 Å². The molecule has 1 aromatic carbocycles. The van der Waals surface area contributed by atoms with E-state index in [2.05, 4.69) is 50.3 Å². The highest BCUT2D eigenvalue weighted by atomic mass is 15.2. The van der Waals surface area contributed by atoms with Gasteiger partial charge in [0.25, 0.3) is 0 Å². The van der Waals surface area contributed by atoms with Gasteiger partial charge in [-0.15, -0.1) is 10.2 Å². The van der Waals surface area contributed by atoms with Crippen LogP contribution in [0.4, 0.5) is 0 Å². The van der Waals surface area contributed by atoms with Crippen LogP contribution >= 0.6 is 0 Å². The van der Waals surface area contributed by atoms with Gasteiger partial charge in [-0.05, 0) is 30.3 Å². The lowest BCUT2D eigenvalue weighted by molar-refractivity contribution is 1.01. The van der Waals surface area contributed by atoms with Crippen LogP contribution < -0.4 is 0 Å². The molecule has 9 heteroatoms. The average Bonchev–Trinajstić information content (AvgIpc) is 3.38. The molecule has 0 atom stereocenters. The van der Waals surface area contributed by atoms with Gasteiger partial charge in [0.1, 0.15) is 51.9 Å². The van der Waals surface area contributed by atoms with Gasteiger partial charge in [-0.3, -0.25) is 14.1 Å². The van der Waals surface area contributed by atoms with Gasteiger partial charge in [-0.25, -0.2) is 19.9 Å². The highest BCUT2D eigenvalue weighted by Crippen LogP contribution is 2.37. The molecule has 0 aliphatic rings. The van der Waals surface area contributed by atoms with Gasteiger partial charge in [-0.1, -0.05) is 18.2 Å². The summed E-state index contributed by atoms with van der Waals surface area (Å²) in [6, 6.07) is 15.8. The van der Waals surface area contributed by atoms with Crippen LogP contribution in [0.25, 0.3) is 55.6 Å². The molecule has 0 N–H and O–H groups in total. The molecule has 0 fully saturated rings. The number of hydrogen-bond acceptors (Lipinski definition) is 7. The van der Waals surface area contributed by atoms with E-state index in [-0.39, 0.29) is 0 Å². The third kappa shape index (κ3) is 2.19. The third-order valence-corrected chi connectivity index (χ3v) is 5.61. The summed E-state index contributed by atoms with van der Waals surface area (Å²) in [7, 11) is 0. The van der Waals surface area contributed by atoms with Crippen molar-refractivity contribution in [2.45, 2.75) is 0 Å². The average molecular weight is 415 g/mol. The van der Waals surface area contributed by atoms with Crippen LogP contribution in [0, 0.1) is 0 Å². The topological polar surface area (TPSA) is 100 Å². The minimum atomic E-state index is 0.699. The highest BCUT2D eigenvalue weighted by molar-refractivity contribution is 6.19. The fourth-order valence-corrected chi connectivity index (χ4v) is 4.36. The van der Waals surface area contributed by atoms with Crippen molar-refractivity contribution >= 4 is 44.0 Å². The van der Waals surface area contributed by atoms with Crippen LogP contribution in [-0.4, -0.2) is 44.3 Å². The predicted molar refractivity (Wildman–Crippen MR) is 120 cm³/mol. The Morgan fingerprint density at radius 3 is 1.94 bits per heavy atom. The Balaban J connectivity index is 1.81. The van der Waals surface area contributed by atoms with Gasteiger partial charge in [-0.2, -0.15) is 0 Å². The Morgan fingerprint density at radius 1 is 0.531 bits per heavy atom. The summed E-state index contributed by atoms with van der Waals surface area (Å²) in [4.78, 5) is 21.9. The maximum Gasteiger partial charge on any atom is 0.141 e. The third-order valence-electron chi connectivity index (χ3n) is 5.61. The molecule has 0 aliphatic heterocycles. The summed E-state index contributed by atoms with van der Waals surface area (Å²) in [6.07, 6.45) is 8.30. The van der Waals surface area contributed by atoms with E-state index in [9.17, 15) is 0 Å². The maximum atomic E-state index is 4.64. The van der Waals surface area contributed by atoms with Crippen molar-refractivity contribution in [1.82, 2.24) is 44.3 Å². The Morgan fingerprint density at radius 2 is 1.19 bits per heavy atom. The second-order valence-corrected chi connectivity index (χ2v) is 7.29. The van der Waals surface area contributed by atoms with Crippen LogP contribution in [0.1, 0.15) is 0 Å². The second kappa shape index (κ2) is 6.35. The molecule has 9 nitrogen and oxygen atoms in total. The summed E-state index contributed by atoms with van der Waals surface area (Å²) in [5.74, 6) is 1.47. The molecule has 150 valence electrons. The molecule has 0 saturated carbocycles. The van der Waals surface area contributed by atoms with Gasteiger partial charge < -0.3 is 0 Å². The van der Waals surface area contributed by atoms with E-state index < -0.39 is 0 Å². The van der Waals surface area contributed by atoms with E-state index >= 15 is 0 Å². The molecule has 0 spiro atoms. The largest absolute Gasteiger partial charge is 0.290 e. The van der Waals surface area contributed by atoms with Crippen molar-refractivity contribution in [3.8, 4) is 11.6 Å². The van der Waals surface area contributed by atoms with E-state index in [1.807, 2.05) is 42.5 Å². The maximum absolute atomic E-state index is 4.64. The monoisotopic (exact) mass is 415 g/mol. The molecule has 7 rings (SSSR count).